The van der Waals surface area contributed by atoms with Crippen LogP contribution in [0.3, 0.4) is 0 Å². The van der Waals surface area contributed by atoms with E-state index in [4.69, 9.17) is 45.1 Å². The van der Waals surface area contributed by atoms with Crippen LogP contribution in [0.25, 0.3) is 0 Å². The lowest BCUT2D eigenvalue weighted by Crippen LogP contribution is -2.73. The van der Waals surface area contributed by atoms with E-state index >= 15 is 0 Å². The van der Waals surface area contributed by atoms with Crippen molar-refractivity contribution in [1.29, 1.82) is 10.5 Å². The van der Waals surface area contributed by atoms with Gasteiger partial charge in [0.1, 0.15) is 34.1 Å². The number of para-hydroxylation sites is 1. The molecule has 3 atom stereocenters. The molecular formula is C32H28Cl2N6OS. The number of piperidine rings is 2. The van der Waals surface area contributed by atoms with E-state index in [0.717, 1.165) is 28.1 Å². The van der Waals surface area contributed by atoms with Gasteiger partial charge in [-0.2, -0.15) is 10.5 Å². The van der Waals surface area contributed by atoms with E-state index in [1.807, 2.05) is 79.4 Å². The topological polar surface area (TPSA) is 78.9 Å². The number of methoxy groups -OCH3 is 1. The molecule has 3 aromatic carbocycles. The van der Waals surface area contributed by atoms with Crippen molar-refractivity contribution in [3.8, 4) is 17.9 Å². The fourth-order valence-electron chi connectivity index (χ4n) is 6.89. The van der Waals surface area contributed by atoms with Crippen LogP contribution >= 0.6 is 35.4 Å². The van der Waals surface area contributed by atoms with Gasteiger partial charge in [0.25, 0.3) is 0 Å². The highest BCUT2D eigenvalue weighted by Crippen LogP contribution is 2.60. The number of aliphatic imine (C=N–C) groups is 1. The van der Waals surface area contributed by atoms with Gasteiger partial charge in [-0.3, -0.25) is 0 Å². The SMILES string of the molecule is COc1ccccc1C1C2(C#N)CN(c3cccc(Cl)c3C)CC1(C#N)C1=NCN(c3cccc(Cl)c3C)CN1C2=S. The maximum Gasteiger partial charge on any atom is 0.141 e. The molecule has 42 heavy (non-hydrogen) atoms. The number of anilines is 2. The molecule has 0 amide bonds. The number of thiocarbonyl (C=S) groups is 1. The average molecular weight is 616 g/mol. The molecule has 7 nitrogen and oxygen atoms in total. The molecule has 0 N–H and O–H groups in total. The Morgan fingerprint density at radius 1 is 0.881 bits per heavy atom. The van der Waals surface area contributed by atoms with Gasteiger partial charge in [-0.05, 0) is 55.3 Å². The van der Waals surface area contributed by atoms with Crippen molar-refractivity contribution in [2.24, 2.45) is 15.8 Å². The normalized spacial score (nSPS) is 24.8. The highest BCUT2D eigenvalue weighted by atomic mass is 35.5. The summed E-state index contributed by atoms with van der Waals surface area (Å²) in [5.41, 5.74) is 1.88. The Morgan fingerprint density at radius 3 is 2.10 bits per heavy atom. The summed E-state index contributed by atoms with van der Waals surface area (Å²) in [5, 5.41) is 23.7. The highest BCUT2D eigenvalue weighted by Gasteiger charge is 2.69. The molecule has 0 spiro atoms. The van der Waals surface area contributed by atoms with Gasteiger partial charge in [0, 0.05) is 46.0 Å². The number of nitriles is 2. The molecule has 212 valence electrons. The molecule has 2 bridgehead atoms. The van der Waals surface area contributed by atoms with E-state index in [9.17, 15) is 10.5 Å². The maximum absolute atomic E-state index is 11.2. The second-order valence-corrected chi connectivity index (χ2v) is 12.2. The lowest BCUT2D eigenvalue weighted by atomic mass is 9.53. The summed E-state index contributed by atoms with van der Waals surface area (Å²) < 4.78 is 5.79. The van der Waals surface area contributed by atoms with Gasteiger partial charge >= 0.3 is 0 Å². The van der Waals surface area contributed by atoms with Gasteiger partial charge in [-0.15, -0.1) is 0 Å². The van der Waals surface area contributed by atoms with E-state index in [0.29, 0.717) is 46.5 Å². The third-order valence-corrected chi connectivity index (χ3v) is 10.3. The minimum atomic E-state index is -1.27. The fraction of sp³-hybridized carbons (Fsp3) is 0.312. The number of rotatable bonds is 4. The van der Waals surface area contributed by atoms with E-state index in [1.165, 1.54) is 0 Å². The molecule has 3 heterocycles. The lowest BCUT2D eigenvalue weighted by molar-refractivity contribution is 0.202. The van der Waals surface area contributed by atoms with Gasteiger partial charge < -0.3 is 19.4 Å². The first kappa shape index (κ1) is 28.3. The van der Waals surface area contributed by atoms with Crippen LogP contribution in [0.1, 0.15) is 22.6 Å². The Hall–Kier alpha value is -3.82. The summed E-state index contributed by atoms with van der Waals surface area (Å²) in [6.07, 6.45) is 0. The molecule has 0 aliphatic carbocycles. The number of hydrogen-bond acceptors (Lipinski definition) is 7. The summed E-state index contributed by atoms with van der Waals surface area (Å²) >= 11 is 19.3. The first-order valence-electron chi connectivity index (χ1n) is 13.5. The molecule has 3 aliphatic heterocycles. The molecular weight excluding hydrogens is 587 g/mol. The largest absolute Gasteiger partial charge is 0.496 e. The Morgan fingerprint density at radius 2 is 1.48 bits per heavy atom. The Balaban J connectivity index is 1.59. The molecule has 2 saturated heterocycles. The van der Waals surface area contributed by atoms with Gasteiger partial charge in [-0.1, -0.05) is 65.8 Å². The van der Waals surface area contributed by atoms with Gasteiger partial charge in [0.15, 0.2) is 0 Å². The Kier molecular flexibility index (Phi) is 7.06. The van der Waals surface area contributed by atoms with Crippen molar-refractivity contribution in [3.05, 3.63) is 87.4 Å². The summed E-state index contributed by atoms with van der Waals surface area (Å²) in [7, 11) is 1.60. The number of ether oxygens (including phenoxy) is 1. The van der Waals surface area contributed by atoms with E-state index in [1.54, 1.807) is 7.11 Å². The second kappa shape index (κ2) is 10.5. The standard InChI is InChI=1S/C32H28Cl2N6OS/c1-20-23(33)9-6-11-25(20)38-16-31(14-35)28(22-8-4-5-13-27(22)41-3)32(15-36,17-38)30(42)40-19-39(18-37-29(31)40)26-12-7-10-24(34)21(26)2/h4-13,28H,16-19H2,1-3H3. The van der Waals surface area contributed by atoms with Crippen molar-refractivity contribution in [2.75, 3.05) is 43.3 Å². The number of benzene rings is 3. The van der Waals surface area contributed by atoms with Crippen LogP contribution in [-0.2, 0) is 0 Å². The van der Waals surface area contributed by atoms with Gasteiger partial charge in [0.05, 0.1) is 25.9 Å². The zero-order valence-electron chi connectivity index (χ0n) is 23.4. The molecule has 3 unspecified atom stereocenters. The summed E-state index contributed by atoms with van der Waals surface area (Å²) in [5.74, 6) is 0.559. The zero-order chi connectivity index (χ0) is 29.8. The second-order valence-electron chi connectivity index (χ2n) is 11.0. The highest BCUT2D eigenvalue weighted by molar-refractivity contribution is 7.80. The van der Waals surface area contributed by atoms with E-state index in [-0.39, 0.29) is 6.54 Å². The summed E-state index contributed by atoms with van der Waals surface area (Å²) in [4.78, 5) is 11.6. The smallest absolute Gasteiger partial charge is 0.141 e. The van der Waals surface area contributed by atoms with Crippen LogP contribution in [0.15, 0.2) is 65.7 Å². The minimum absolute atomic E-state index is 0.273. The molecule has 2 fully saturated rings. The average Bonchev–Trinajstić information content (AvgIpc) is 3.01. The Bertz CT molecular complexity index is 1730. The third kappa shape index (κ3) is 3.97. The quantitative estimate of drug-likeness (QED) is 0.302. The van der Waals surface area contributed by atoms with E-state index < -0.39 is 16.7 Å². The van der Waals surface area contributed by atoms with Crippen LogP contribution < -0.4 is 14.5 Å². The molecule has 0 radical (unpaired) electrons. The first-order chi connectivity index (χ1) is 20.2. The zero-order valence-corrected chi connectivity index (χ0v) is 25.8. The maximum atomic E-state index is 11.2. The van der Waals surface area contributed by atoms with Crippen LogP contribution in [0.2, 0.25) is 10.0 Å². The molecule has 6 rings (SSSR count). The van der Waals surface area contributed by atoms with Gasteiger partial charge in [0.2, 0.25) is 0 Å². The van der Waals surface area contributed by atoms with Gasteiger partial charge in [-0.25, -0.2) is 4.99 Å². The van der Waals surface area contributed by atoms with Crippen molar-refractivity contribution >= 4 is 57.6 Å². The number of fused-ring (bicyclic) bond motifs is 4. The molecule has 3 aliphatic rings. The van der Waals surface area contributed by atoms with Crippen LogP contribution in [0, 0.1) is 47.3 Å². The van der Waals surface area contributed by atoms with Crippen LogP contribution in [0.5, 0.6) is 5.75 Å². The molecule has 0 aromatic heterocycles. The summed E-state index contributed by atoms with van der Waals surface area (Å²) in [6.45, 7) is 5.15. The molecule has 0 saturated carbocycles. The summed E-state index contributed by atoms with van der Waals surface area (Å²) in [6, 6.07) is 24.4. The first-order valence-corrected chi connectivity index (χ1v) is 14.7. The predicted octanol–water partition coefficient (Wildman–Crippen LogP) is 6.72. The number of hydrogen-bond donors (Lipinski definition) is 0. The van der Waals surface area contributed by atoms with Crippen molar-refractivity contribution in [1.82, 2.24) is 4.90 Å². The third-order valence-electron chi connectivity index (χ3n) is 8.86. The molecule has 10 heteroatoms. The van der Waals surface area contributed by atoms with Crippen molar-refractivity contribution < 1.29 is 4.74 Å². The number of nitrogens with zero attached hydrogens (tertiary/aromatic N) is 6. The number of halogens is 2. The number of amidine groups is 1. The molecule has 3 aromatic rings. The van der Waals surface area contributed by atoms with Crippen molar-refractivity contribution in [2.45, 2.75) is 19.8 Å². The van der Waals surface area contributed by atoms with E-state index in [2.05, 4.69) is 21.9 Å². The fourth-order valence-corrected chi connectivity index (χ4v) is 7.60. The lowest BCUT2D eigenvalue weighted by Gasteiger charge is -2.61. The monoisotopic (exact) mass is 614 g/mol. The van der Waals surface area contributed by atoms with Crippen LogP contribution in [-0.4, -0.2) is 49.3 Å². The predicted molar refractivity (Wildman–Crippen MR) is 171 cm³/mol. The van der Waals surface area contributed by atoms with Crippen molar-refractivity contribution in [3.63, 3.8) is 0 Å². The van der Waals surface area contributed by atoms with Crippen LogP contribution in [0.4, 0.5) is 11.4 Å². The minimum Gasteiger partial charge on any atom is -0.496 e. The Labute approximate surface area is 261 Å².